The van der Waals surface area contributed by atoms with Gasteiger partial charge in [-0.25, -0.2) is 0 Å². The Kier molecular flexibility index (Phi) is 4.20. The summed E-state index contributed by atoms with van der Waals surface area (Å²) >= 11 is 0. The highest BCUT2D eigenvalue weighted by atomic mass is 16.5. The van der Waals surface area contributed by atoms with Crippen LogP contribution in [-0.4, -0.2) is 35.2 Å². The number of carboxylic acid groups (broad SMARTS) is 1. The highest BCUT2D eigenvalue weighted by Crippen LogP contribution is 2.21. The number of likely N-dealkylation sites (tertiary alicyclic amines) is 1. The van der Waals surface area contributed by atoms with Gasteiger partial charge in [0.15, 0.2) is 0 Å². The van der Waals surface area contributed by atoms with Crippen LogP contribution in [0.15, 0.2) is 24.3 Å². The largest absolute Gasteiger partial charge is 0.494 e. The molecule has 1 aliphatic heterocycles. The summed E-state index contributed by atoms with van der Waals surface area (Å²) in [6.45, 7) is 4.18. The van der Waals surface area contributed by atoms with E-state index in [2.05, 4.69) is 0 Å². The second-order valence-electron chi connectivity index (χ2n) is 4.54. The summed E-state index contributed by atoms with van der Waals surface area (Å²) in [7, 11) is 0. The van der Waals surface area contributed by atoms with Crippen molar-refractivity contribution in [3.05, 3.63) is 29.8 Å². The standard InChI is InChI=1S/C14H19NO3/c1-2-18-12-7-5-11(6-8-12)10-15-9-3-4-13(15)14(16)17/h5-8,13H,2-4,9-10H2,1H3,(H,16,17). The number of rotatable bonds is 5. The fraction of sp³-hybridized carbons (Fsp3) is 0.500. The molecule has 0 bridgehead atoms. The van der Waals surface area contributed by atoms with Crippen LogP contribution < -0.4 is 4.74 Å². The van der Waals surface area contributed by atoms with Gasteiger partial charge in [0.1, 0.15) is 11.8 Å². The van der Waals surface area contributed by atoms with Crippen molar-refractivity contribution in [1.82, 2.24) is 4.90 Å². The summed E-state index contributed by atoms with van der Waals surface area (Å²) in [5.41, 5.74) is 1.13. The molecule has 1 N–H and O–H groups in total. The Balaban J connectivity index is 1.98. The zero-order valence-corrected chi connectivity index (χ0v) is 10.6. The predicted octanol–water partition coefficient (Wildman–Crippen LogP) is 2.13. The summed E-state index contributed by atoms with van der Waals surface area (Å²) in [6.07, 6.45) is 1.72. The molecule has 1 fully saturated rings. The van der Waals surface area contributed by atoms with Gasteiger partial charge in [0.05, 0.1) is 6.61 Å². The second-order valence-corrected chi connectivity index (χ2v) is 4.54. The molecule has 1 atom stereocenters. The minimum atomic E-state index is -0.710. The number of nitrogens with zero attached hydrogens (tertiary/aromatic N) is 1. The van der Waals surface area contributed by atoms with E-state index in [1.165, 1.54) is 0 Å². The Morgan fingerprint density at radius 3 is 2.78 bits per heavy atom. The molecule has 1 aliphatic rings. The lowest BCUT2D eigenvalue weighted by Crippen LogP contribution is -2.35. The Labute approximate surface area is 107 Å². The highest BCUT2D eigenvalue weighted by molar-refractivity contribution is 5.73. The Bertz CT molecular complexity index is 402. The topological polar surface area (TPSA) is 49.8 Å². The van der Waals surface area contributed by atoms with Crippen LogP contribution in [0.5, 0.6) is 5.75 Å². The molecule has 0 aliphatic carbocycles. The third kappa shape index (κ3) is 3.01. The fourth-order valence-corrected chi connectivity index (χ4v) is 2.39. The van der Waals surface area contributed by atoms with Crippen LogP contribution in [0.25, 0.3) is 0 Å². The maximum Gasteiger partial charge on any atom is 0.320 e. The van der Waals surface area contributed by atoms with E-state index in [1.54, 1.807) is 0 Å². The van der Waals surface area contributed by atoms with Crippen LogP contribution in [0, 0.1) is 0 Å². The monoisotopic (exact) mass is 249 g/mol. The number of hydrogen-bond donors (Lipinski definition) is 1. The minimum Gasteiger partial charge on any atom is -0.494 e. The van der Waals surface area contributed by atoms with E-state index >= 15 is 0 Å². The van der Waals surface area contributed by atoms with Crippen LogP contribution in [0.1, 0.15) is 25.3 Å². The molecule has 0 aromatic heterocycles. The average molecular weight is 249 g/mol. The SMILES string of the molecule is CCOc1ccc(CN2CCCC2C(=O)O)cc1. The summed E-state index contributed by atoms with van der Waals surface area (Å²) in [5.74, 6) is 0.149. The van der Waals surface area contributed by atoms with Crippen molar-refractivity contribution < 1.29 is 14.6 Å². The van der Waals surface area contributed by atoms with Gasteiger partial charge in [-0.3, -0.25) is 9.69 Å². The van der Waals surface area contributed by atoms with Gasteiger partial charge >= 0.3 is 5.97 Å². The van der Waals surface area contributed by atoms with Crippen molar-refractivity contribution in [1.29, 1.82) is 0 Å². The van der Waals surface area contributed by atoms with Crippen molar-refractivity contribution >= 4 is 5.97 Å². The number of aliphatic carboxylic acids is 1. The lowest BCUT2D eigenvalue weighted by molar-refractivity contribution is -0.142. The van der Waals surface area contributed by atoms with E-state index in [9.17, 15) is 4.79 Å². The number of carbonyl (C=O) groups is 1. The van der Waals surface area contributed by atoms with Crippen LogP contribution in [0.4, 0.5) is 0 Å². The Morgan fingerprint density at radius 1 is 1.44 bits per heavy atom. The van der Waals surface area contributed by atoms with Gasteiger partial charge in [0.25, 0.3) is 0 Å². The predicted molar refractivity (Wildman–Crippen MR) is 68.7 cm³/mol. The summed E-state index contributed by atoms with van der Waals surface area (Å²) in [4.78, 5) is 13.1. The quantitative estimate of drug-likeness (QED) is 0.868. The number of benzene rings is 1. The molecule has 4 heteroatoms. The summed E-state index contributed by atoms with van der Waals surface area (Å²) in [6, 6.07) is 7.55. The Morgan fingerprint density at radius 2 is 2.17 bits per heavy atom. The van der Waals surface area contributed by atoms with Crippen LogP contribution in [0.2, 0.25) is 0 Å². The molecule has 0 saturated carbocycles. The van der Waals surface area contributed by atoms with Crippen molar-refractivity contribution in [2.24, 2.45) is 0 Å². The molecule has 1 saturated heterocycles. The molecule has 2 rings (SSSR count). The lowest BCUT2D eigenvalue weighted by atomic mass is 10.2. The first-order chi connectivity index (χ1) is 8.70. The summed E-state index contributed by atoms with van der Waals surface area (Å²) in [5, 5.41) is 9.11. The van der Waals surface area contributed by atoms with E-state index in [4.69, 9.17) is 9.84 Å². The zero-order chi connectivity index (χ0) is 13.0. The van der Waals surface area contributed by atoms with E-state index in [0.29, 0.717) is 13.2 Å². The van der Waals surface area contributed by atoms with Gasteiger partial charge in [-0.15, -0.1) is 0 Å². The second kappa shape index (κ2) is 5.87. The molecule has 18 heavy (non-hydrogen) atoms. The molecule has 4 nitrogen and oxygen atoms in total. The smallest absolute Gasteiger partial charge is 0.320 e. The Hall–Kier alpha value is -1.55. The van der Waals surface area contributed by atoms with Gasteiger partial charge in [0.2, 0.25) is 0 Å². The van der Waals surface area contributed by atoms with E-state index in [-0.39, 0.29) is 6.04 Å². The van der Waals surface area contributed by atoms with Gasteiger partial charge in [0, 0.05) is 6.54 Å². The van der Waals surface area contributed by atoms with E-state index in [0.717, 1.165) is 30.7 Å². The normalized spacial score (nSPS) is 19.9. The highest BCUT2D eigenvalue weighted by Gasteiger charge is 2.30. The van der Waals surface area contributed by atoms with E-state index < -0.39 is 5.97 Å². The fourth-order valence-electron chi connectivity index (χ4n) is 2.39. The van der Waals surface area contributed by atoms with Crippen molar-refractivity contribution in [3.63, 3.8) is 0 Å². The van der Waals surface area contributed by atoms with Crippen molar-refractivity contribution in [2.45, 2.75) is 32.4 Å². The molecule has 1 aromatic carbocycles. The van der Waals surface area contributed by atoms with Crippen LogP contribution >= 0.6 is 0 Å². The zero-order valence-electron chi connectivity index (χ0n) is 10.6. The molecule has 1 aromatic rings. The number of ether oxygens (including phenoxy) is 1. The number of hydrogen-bond acceptors (Lipinski definition) is 3. The van der Waals surface area contributed by atoms with Crippen molar-refractivity contribution in [2.75, 3.05) is 13.2 Å². The molecule has 1 heterocycles. The van der Waals surface area contributed by atoms with Crippen LogP contribution in [0.3, 0.4) is 0 Å². The lowest BCUT2D eigenvalue weighted by Gasteiger charge is -2.21. The van der Waals surface area contributed by atoms with Crippen molar-refractivity contribution in [3.8, 4) is 5.75 Å². The molecule has 98 valence electrons. The molecular formula is C14H19NO3. The molecule has 0 spiro atoms. The molecule has 0 amide bonds. The first-order valence-corrected chi connectivity index (χ1v) is 6.39. The molecular weight excluding hydrogens is 230 g/mol. The summed E-state index contributed by atoms with van der Waals surface area (Å²) < 4.78 is 5.38. The van der Waals surface area contributed by atoms with Gasteiger partial charge in [-0.2, -0.15) is 0 Å². The third-order valence-electron chi connectivity index (χ3n) is 3.27. The van der Waals surface area contributed by atoms with E-state index in [1.807, 2.05) is 36.1 Å². The van der Waals surface area contributed by atoms with Gasteiger partial charge in [-0.1, -0.05) is 12.1 Å². The van der Waals surface area contributed by atoms with Gasteiger partial charge < -0.3 is 9.84 Å². The minimum absolute atomic E-state index is 0.323. The first kappa shape index (κ1) is 12.9. The third-order valence-corrected chi connectivity index (χ3v) is 3.27. The average Bonchev–Trinajstić information content (AvgIpc) is 2.80. The maximum atomic E-state index is 11.1. The molecule has 1 unspecified atom stereocenters. The van der Waals surface area contributed by atoms with Gasteiger partial charge in [-0.05, 0) is 44.0 Å². The number of carboxylic acids is 1. The maximum absolute atomic E-state index is 11.1. The van der Waals surface area contributed by atoms with Crippen LogP contribution in [-0.2, 0) is 11.3 Å². The first-order valence-electron chi connectivity index (χ1n) is 6.39. The molecule has 0 radical (unpaired) electrons.